The van der Waals surface area contributed by atoms with E-state index in [0.717, 1.165) is 12.0 Å². The second-order valence-corrected chi connectivity index (χ2v) is 10.4. The van der Waals surface area contributed by atoms with Crippen molar-refractivity contribution in [3.05, 3.63) is 63.7 Å². The lowest BCUT2D eigenvalue weighted by atomic mass is 9.84. The quantitative estimate of drug-likeness (QED) is 0.377. The molecule has 1 amide bonds. The molecule has 0 saturated heterocycles. The molecule has 8 nitrogen and oxygen atoms in total. The largest absolute Gasteiger partial charge is 0.379 e. The first-order chi connectivity index (χ1) is 15.1. The molecule has 0 heterocycles. The number of amides is 1. The van der Waals surface area contributed by atoms with Crippen molar-refractivity contribution >= 4 is 21.7 Å². The molecule has 2 aliphatic carbocycles. The molecule has 0 aliphatic heterocycles. The van der Waals surface area contributed by atoms with E-state index in [1.54, 1.807) is 0 Å². The lowest BCUT2D eigenvalue weighted by Crippen LogP contribution is -2.40. The Kier molecular flexibility index (Phi) is 5.94. The average Bonchev–Trinajstić information content (AvgIpc) is 3.37. The lowest BCUT2D eigenvalue weighted by molar-refractivity contribution is -0.385. The van der Waals surface area contributed by atoms with E-state index < -0.39 is 15.0 Å². The molecule has 2 saturated carbocycles. The summed E-state index contributed by atoms with van der Waals surface area (Å²) in [7, 11) is -4.27. The molecule has 170 valence electrons. The summed E-state index contributed by atoms with van der Waals surface area (Å²) in [6.07, 6.45) is 5.01. The van der Waals surface area contributed by atoms with Crippen molar-refractivity contribution in [2.75, 3.05) is 0 Å². The van der Waals surface area contributed by atoms with Crippen LogP contribution < -0.4 is 9.50 Å². The standard InChI is InChI=1S/C23H26N2O6S/c1-14-3-8-19(25(27)28)13-22(14)32(29,30)31-20-9-6-17(7-10-20)23(26)24-15(2)21-12-16-4-5-18(21)11-16/h3,6-10,13,15-16,18,21H,4-5,11-12H2,1-2H3,(H,24,26)/t15-,16-,18-,21+/m1/s1. The van der Waals surface area contributed by atoms with E-state index in [1.165, 1.54) is 69.0 Å². The topological polar surface area (TPSA) is 116 Å². The third kappa shape index (κ3) is 4.48. The van der Waals surface area contributed by atoms with Crippen LogP contribution in [-0.4, -0.2) is 25.3 Å². The van der Waals surface area contributed by atoms with Gasteiger partial charge in [-0.15, -0.1) is 0 Å². The zero-order chi connectivity index (χ0) is 23.0. The van der Waals surface area contributed by atoms with Gasteiger partial charge in [-0.25, -0.2) is 0 Å². The highest BCUT2D eigenvalue weighted by Crippen LogP contribution is 2.49. The Morgan fingerprint density at radius 2 is 1.88 bits per heavy atom. The van der Waals surface area contributed by atoms with Crippen LogP contribution in [0.2, 0.25) is 0 Å². The van der Waals surface area contributed by atoms with Gasteiger partial charge >= 0.3 is 10.1 Å². The van der Waals surface area contributed by atoms with E-state index in [2.05, 4.69) is 12.2 Å². The molecular weight excluding hydrogens is 432 g/mol. The van der Waals surface area contributed by atoms with Crippen molar-refractivity contribution < 1.29 is 22.3 Å². The predicted molar refractivity (Wildman–Crippen MR) is 118 cm³/mol. The molecule has 9 heteroatoms. The lowest BCUT2D eigenvalue weighted by Gasteiger charge is -2.28. The minimum atomic E-state index is -4.27. The summed E-state index contributed by atoms with van der Waals surface area (Å²) in [6, 6.07) is 9.48. The molecule has 2 aromatic rings. The van der Waals surface area contributed by atoms with Crippen molar-refractivity contribution in [2.45, 2.75) is 50.5 Å². The Morgan fingerprint density at radius 3 is 2.47 bits per heavy atom. The number of nitrogens with zero attached hydrogens (tertiary/aromatic N) is 1. The zero-order valence-corrected chi connectivity index (χ0v) is 18.8. The SMILES string of the molecule is Cc1ccc([N+](=O)[O-])cc1S(=O)(=O)Oc1ccc(C(=O)N[C@H](C)[C@@H]2C[C@@H]3CC[C@@H]2C3)cc1. The number of aryl methyl sites for hydroxylation is 1. The molecule has 32 heavy (non-hydrogen) atoms. The van der Waals surface area contributed by atoms with Crippen molar-refractivity contribution in [3.8, 4) is 5.75 Å². The first-order valence-electron chi connectivity index (χ1n) is 10.7. The van der Waals surface area contributed by atoms with E-state index in [0.29, 0.717) is 23.0 Å². The Balaban J connectivity index is 1.43. The summed E-state index contributed by atoms with van der Waals surface area (Å²) >= 11 is 0. The minimum Gasteiger partial charge on any atom is -0.379 e. The smallest absolute Gasteiger partial charge is 0.339 e. The highest BCUT2D eigenvalue weighted by molar-refractivity contribution is 7.87. The highest BCUT2D eigenvalue weighted by Gasteiger charge is 2.42. The minimum absolute atomic E-state index is 0.0219. The van der Waals surface area contributed by atoms with Crippen LogP contribution in [0.5, 0.6) is 5.75 Å². The molecule has 0 aromatic heterocycles. The van der Waals surface area contributed by atoms with Gasteiger partial charge in [0, 0.05) is 23.7 Å². The fraction of sp³-hybridized carbons (Fsp3) is 0.435. The van der Waals surface area contributed by atoms with Crippen LogP contribution in [0.3, 0.4) is 0 Å². The van der Waals surface area contributed by atoms with Gasteiger partial charge in [-0.1, -0.05) is 12.5 Å². The van der Waals surface area contributed by atoms with Gasteiger partial charge in [0.15, 0.2) is 0 Å². The predicted octanol–water partition coefficient (Wildman–Crippen LogP) is 4.23. The second-order valence-electron chi connectivity index (χ2n) is 8.87. The van der Waals surface area contributed by atoms with Gasteiger partial charge in [0.1, 0.15) is 10.6 Å². The molecule has 4 rings (SSSR count). The molecule has 2 fully saturated rings. The Bertz CT molecular complexity index is 1150. The second kappa shape index (κ2) is 8.54. The molecule has 2 aromatic carbocycles. The number of fused-ring (bicyclic) bond motifs is 2. The van der Waals surface area contributed by atoms with Crippen molar-refractivity contribution in [3.63, 3.8) is 0 Å². The molecule has 2 bridgehead atoms. The van der Waals surface area contributed by atoms with Gasteiger partial charge in [-0.3, -0.25) is 14.9 Å². The number of rotatable bonds is 7. The molecule has 4 atom stereocenters. The van der Waals surface area contributed by atoms with Crippen LogP contribution in [0.15, 0.2) is 47.4 Å². The van der Waals surface area contributed by atoms with E-state index in [9.17, 15) is 23.3 Å². The Morgan fingerprint density at radius 1 is 1.16 bits per heavy atom. The van der Waals surface area contributed by atoms with Gasteiger partial charge in [-0.2, -0.15) is 8.42 Å². The van der Waals surface area contributed by atoms with Crippen molar-refractivity contribution in [1.82, 2.24) is 5.32 Å². The van der Waals surface area contributed by atoms with Crippen LogP contribution in [-0.2, 0) is 10.1 Å². The van der Waals surface area contributed by atoms with Crippen molar-refractivity contribution in [1.29, 1.82) is 0 Å². The first-order valence-corrected chi connectivity index (χ1v) is 12.2. The monoisotopic (exact) mass is 458 g/mol. The summed E-state index contributed by atoms with van der Waals surface area (Å²) in [5, 5.41) is 14.1. The van der Waals surface area contributed by atoms with Gasteiger partial charge in [0.05, 0.1) is 4.92 Å². The zero-order valence-electron chi connectivity index (χ0n) is 18.0. The van der Waals surface area contributed by atoms with Crippen molar-refractivity contribution in [2.24, 2.45) is 17.8 Å². The Labute approximate surface area is 187 Å². The number of hydrogen-bond donors (Lipinski definition) is 1. The fourth-order valence-electron chi connectivity index (χ4n) is 5.11. The number of non-ortho nitro benzene ring substituents is 1. The average molecular weight is 459 g/mol. The molecule has 2 aliphatic rings. The third-order valence-electron chi connectivity index (χ3n) is 6.77. The number of benzene rings is 2. The van der Waals surface area contributed by atoms with Crippen LogP contribution in [0.25, 0.3) is 0 Å². The number of carbonyl (C=O) groups is 1. The molecular formula is C23H26N2O6S. The number of carbonyl (C=O) groups excluding carboxylic acids is 1. The number of hydrogen-bond acceptors (Lipinski definition) is 6. The van der Waals surface area contributed by atoms with Crippen LogP contribution >= 0.6 is 0 Å². The maximum atomic E-state index is 12.6. The number of nitro benzene ring substituents is 1. The van der Waals surface area contributed by atoms with Gasteiger partial charge in [0.2, 0.25) is 0 Å². The highest BCUT2D eigenvalue weighted by atomic mass is 32.2. The van der Waals surface area contributed by atoms with Crippen LogP contribution in [0.4, 0.5) is 5.69 Å². The molecule has 1 N–H and O–H groups in total. The van der Waals surface area contributed by atoms with Crippen LogP contribution in [0.1, 0.15) is 48.5 Å². The Hall–Kier alpha value is -2.94. The normalized spacial score (nSPS) is 23.0. The van der Waals surface area contributed by atoms with E-state index in [4.69, 9.17) is 4.18 Å². The fourth-order valence-corrected chi connectivity index (χ4v) is 6.29. The van der Waals surface area contributed by atoms with E-state index in [-0.39, 0.29) is 28.3 Å². The first kappa shape index (κ1) is 22.3. The van der Waals surface area contributed by atoms with Gasteiger partial charge in [-0.05, 0) is 80.7 Å². The molecule has 0 unspecified atom stereocenters. The molecule has 0 spiro atoms. The maximum absolute atomic E-state index is 12.6. The summed E-state index contributed by atoms with van der Waals surface area (Å²) in [6.45, 7) is 3.58. The molecule has 0 radical (unpaired) electrons. The maximum Gasteiger partial charge on any atom is 0.339 e. The number of nitro groups is 1. The summed E-state index contributed by atoms with van der Waals surface area (Å²) in [5.41, 5.74) is 0.409. The summed E-state index contributed by atoms with van der Waals surface area (Å²) < 4.78 is 30.4. The van der Waals surface area contributed by atoms with E-state index >= 15 is 0 Å². The van der Waals surface area contributed by atoms with E-state index in [1.807, 2.05) is 0 Å². The third-order valence-corrected chi connectivity index (χ3v) is 8.16. The summed E-state index contributed by atoms with van der Waals surface area (Å²) in [4.78, 5) is 22.7. The number of nitrogens with one attached hydrogen (secondary N) is 1. The summed E-state index contributed by atoms with van der Waals surface area (Å²) in [5.74, 6) is 1.84. The van der Waals surface area contributed by atoms with Gasteiger partial charge in [0.25, 0.3) is 11.6 Å². The van der Waals surface area contributed by atoms with Gasteiger partial charge < -0.3 is 9.50 Å². The van der Waals surface area contributed by atoms with Crippen LogP contribution in [0, 0.1) is 34.8 Å².